The fraction of sp³-hybridized carbons (Fsp3) is 0.528. The predicted octanol–water partition coefficient (Wildman–Crippen LogP) is -3.30. The number of para-hydroxylation sites is 1. The Hall–Kier alpha value is -11.2. The third-order valence-corrected chi connectivity index (χ3v) is 17.9. The van der Waals surface area contributed by atoms with Gasteiger partial charge in [0.25, 0.3) is 0 Å². The molecule has 2 aromatic carbocycles. The second-order valence-corrected chi connectivity index (χ2v) is 27.7. The summed E-state index contributed by atoms with van der Waals surface area (Å²) in [6.45, 7) is 5.19. The number of carboxylic acids is 2. The molecule has 23 N–H and O–H groups in total. The van der Waals surface area contributed by atoms with E-state index in [9.17, 15) is 82.4 Å². The minimum atomic E-state index is -1.81. The van der Waals surface area contributed by atoms with Crippen LogP contribution < -0.4 is 75.7 Å². The summed E-state index contributed by atoms with van der Waals surface area (Å²) in [5.74, 6) is -13.8. The third-order valence-electron chi connectivity index (χ3n) is 17.9. The first-order valence-electron chi connectivity index (χ1n) is 36.4. The van der Waals surface area contributed by atoms with E-state index in [1.165, 1.54) is 25.0 Å². The second-order valence-electron chi connectivity index (χ2n) is 27.7. The lowest BCUT2D eigenvalue weighted by Gasteiger charge is -2.30. The maximum atomic E-state index is 14.8. The third kappa shape index (κ3) is 28.5. The Morgan fingerprint density at radius 2 is 1.02 bits per heavy atom. The average molecular weight is 1520 g/mol. The van der Waals surface area contributed by atoms with Crippen LogP contribution in [0.5, 0.6) is 0 Å². The van der Waals surface area contributed by atoms with E-state index in [1.807, 2.05) is 0 Å². The monoisotopic (exact) mass is 1520 g/mol. The van der Waals surface area contributed by atoms with Gasteiger partial charge in [-0.1, -0.05) is 76.2 Å². The summed E-state index contributed by atoms with van der Waals surface area (Å²) in [6.07, 6.45) is 7.56. The molecular formula is C72H104N20O17. The lowest BCUT2D eigenvalue weighted by molar-refractivity contribution is -0.144. The van der Waals surface area contributed by atoms with Crippen LogP contribution in [0.3, 0.4) is 0 Å². The highest BCUT2D eigenvalue weighted by Gasteiger charge is 2.41. The zero-order chi connectivity index (χ0) is 79.7. The SMILES string of the molecule is CC(C)C[C@H](NC(=O)[C@H](CO)NC(=O)[C@@H](N)Cc1cnc[nH]1)C(=O)NCC(=O)N[C@H](CCCCN)C(=O)N[C@@H](Cc1c[nH]c2ccccc12)C(=O)N[C@H](CC(C)C)C(=O)NCC(=O)N[C@H](Cc1cnc[nH]1)C(=O)N1CCC[C@@H]1C(=O)N[C@@H](CC(=O)O)C(=O)N[C@@H](CCCCN)C(=O)N[C@@H](Cc1ccccc1)C(=O)O. The Kier molecular flexibility index (Phi) is 35.2. The molecule has 11 atom stereocenters. The summed E-state index contributed by atoms with van der Waals surface area (Å²) in [7, 11) is 0. The van der Waals surface area contributed by atoms with Gasteiger partial charge in [-0.3, -0.25) is 62.3 Å². The predicted molar refractivity (Wildman–Crippen MR) is 395 cm³/mol. The van der Waals surface area contributed by atoms with Crippen molar-refractivity contribution in [1.82, 2.24) is 88.3 Å². The number of nitrogens with one attached hydrogen (secondary N) is 14. The van der Waals surface area contributed by atoms with Gasteiger partial charge in [-0.25, -0.2) is 14.8 Å². The normalized spacial score (nSPS) is 15.4. The number of aliphatic hydroxyl groups is 1. The van der Waals surface area contributed by atoms with Gasteiger partial charge in [-0.05, 0) is 106 Å². The minimum Gasteiger partial charge on any atom is -0.481 e. The zero-order valence-electron chi connectivity index (χ0n) is 61.6. The lowest BCUT2D eigenvalue weighted by atomic mass is 10.00. The number of amides is 12. The first-order valence-corrected chi connectivity index (χ1v) is 36.4. The van der Waals surface area contributed by atoms with Crippen LogP contribution in [0.4, 0.5) is 0 Å². The molecule has 4 heterocycles. The smallest absolute Gasteiger partial charge is 0.326 e. The molecule has 0 bridgehead atoms. The van der Waals surface area contributed by atoms with Gasteiger partial charge >= 0.3 is 11.9 Å². The highest BCUT2D eigenvalue weighted by Crippen LogP contribution is 2.23. The number of likely N-dealkylation sites (tertiary alicyclic amines) is 1. The number of nitrogens with zero attached hydrogens (tertiary/aromatic N) is 3. The van der Waals surface area contributed by atoms with Gasteiger partial charge in [0.15, 0.2) is 0 Å². The molecule has 0 aliphatic carbocycles. The second kappa shape index (κ2) is 44.2. The van der Waals surface area contributed by atoms with Crippen molar-refractivity contribution in [1.29, 1.82) is 0 Å². The Labute approximate surface area is 629 Å². The van der Waals surface area contributed by atoms with E-state index in [4.69, 9.17) is 17.2 Å². The van der Waals surface area contributed by atoms with Crippen LogP contribution in [-0.2, 0) is 92.8 Å². The van der Waals surface area contributed by atoms with Gasteiger partial charge in [0, 0.05) is 73.1 Å². The summed E-state index contributed by atoms with van der Waals surface area (Å²) in [5, 5.41) is 58.8. The number of aliphatic hydroxyl groups excluding tert-OH is 1. The number of imidazole rings is 2. The van der Waals surface area contributed by atoms with E-state index in [0.29, 0.717) is 52.7 Å². The van der Waals surface area contributed by atoms with Gasteiger partial charge in [-0.15, -0.1) is 0 Å². The van der Waals surface area contributed by atoms with Crippen molar-refractivity contribution >= 4 is 93.7 Å². The van der Waals surface area contributed by atoms with E-state index in [2.05, 4.69) is 83.4 Å². The molecule has 0 radical (unpaired) electrons. The lowest BCUT2D eigenvalue weighted by Crippen LogP contribution is -2.59. The number of rotatable bonds is 47. The van der Waals surface area contributed by atoms with Crippen molar-refractivity contribution in [3.8, 4) is 0 Å². The van der Waals surface area contributed by atoms with Crippen LogP contribution in [0.2, 0.25) is 0 Å². The molecule has 1 aliphatic heterocycles. The maximum Gasteiger partial charge on any atom is 0.326 e. The van der Waals surface area contributed by atoms with E-state index in [0.717, 1.165) is 4.90 Å². The molecular weight excluding hydrogens is 1420 g/mol. The van der Waals surface area contributed by atoms with Crippen molar-refractivity contribution in [2.24, 2.45) is 29.0 Å². The molecule has 1 saturated heterocycles. The van der Waals surface area contributed by atoms with Crippen LogP contribution in [0.25, 0.3) is 10.9 Å². The Balaban J connectivity index is 1.13. The van der Waals surface area contributed by atoms with Crippen LogP contribution in [0.1, 0.15) is 121 Å². The molecule has 5 aromatic rings. The van der Waals surface area contributed by atoms with Gasteiger partial charge in [-0.2, -0.15) is 0 Å². The van der Waals surface area contributed by atoms with E-state index in [1.54, 1.807) is 88.5 Å². The van der Waals surface area contributed by atoms with Crippen molar-refractivity contribution < 1.29 is 82.4 Å². The number of aromatic amines is 3. The molecule has 0 spiro atoms. The first kappa shape index (κ1) is 86.7. The minimum absolute atomic E-state index is 0.000160. The summed E-state index contributed by atoms with van der Waals surface area (Å²) < 4.78 is 0. The fourth-order valence-corrected chi connectivity index (χ4v) is 12.3. The molecule has 37 nitrogen and oxygen atoms in total. The van der Waals surface area contributed by atoms with Gasteiger partial charge in [0.1, 0.15) is 60.4 Å². The van der Waals surface area contributed by atoms with Crippen LogP contribution >= 0.6 is 0 Å². The number of carbonyl (C=O) groups is 14. The summed E-state index contributed by atoms with van der Waals surface area (Å²) in [6, 6.07) is 0.215. The number of carbonyl (C=O) groups excluding carboxylic acids is 12. The highest BCUT2D eigenvalue weighted by molar-refractivity contribution is 6.00. The number of H-pyrrole nitrogens is 3. The summed E-state index contributed by atoms with van der Waals surface area (Å²) >= 11 is 0. The molecule has 109 heavy (non-hydrogen) atoms. The quantitative estimate of drug-likeness (QED) is 0.0170. The largest absolute Gasteiger partial charge is 0.481 e. The van der Waals surface area contributed by atoms with E-state index in [-0.39, 0.29) is 102 Å². The average Bonchev–Trinajstić information content (AvgIpc) is 1.72. The van der Waals surface area contributed by atoms with Crippen molar-refractivity contribution in [2.45, 2.75) is 190 Å². The number of hydrogen-bond donors (Lipinski definition) is 20. The standard InChI is InChI=1S/C72H104N20O17/c1-40(2)25-51(63(99)80-36-60(95)84-55(30-45-34-77-39-82-45)71(107)92-24-14-21-58(92)70(106)89-54(31-61(96)97)68(104)85-50(20-11-13-23-74)66(102)90-56(72(108)109)27-42-15-6-5-7-16-42)86-67(103)53(28-43-32-78-48-18-9-8-17-46(43)48)88-65(101)49(19-10-12-22-73)83-59(94)35-79-64(100)52(26-41(3)4)87-69(105)57(37-93)91-62(98)47(75)29-44-33-76-38-81-44/h5-9,15-18,32-34,38-41,47,49-58,78,93H,10-14,19-31,35-37,73-75H2,1-4H3,(H,76,81)(H,77,82)(H,79,100)(H,80,99)(H,83,94)(H,84,95)(H,85,104)(H,86,103)(H,87,105)(H,88,101)(H,89,106)(H,90,102)(H,91,98)(H,96,97)(H,108,109)/t47-,49+,50-,51+,52-,53-,54-,55+,56-,57-,58+/m0/s1. The van der Waals surface area contributed by atoms with Gasteiger partial charge < -0.3 is 111 Å². The number of aromatic nitrogens is 5. The summed E-state index contributed by atoms with van der Waals surface area (Å²) in [4.78, 5) is 211. The van der Waals surface area contributed by atoms with Gasteiger partial charge in [0.2, 0.25) is 70.9 Å². The van der Waals surface area contributed by atoms with Crippen molar-refractivity contribution in [3.05, 3.63) is 108 Å². The first-order chi connectivity index (χ1) is 52.1. The molecule has 37 heteroatoms. The number of fused-ring (bicyclic) bond motifs is 1. The number of hydrogen-bond acceptors (Lipinski definition) is 20. The van der Waals surface area contributed by atoms with Gasteiger partial charge in [0.05, 0.1) is 44.8 Å². The fourth-order valence-electron chi connectivity index (χ4n) is 12.3. The Morgan fingerprint density at radius 1 is 0.523 bits per heavy atom. The number of nitrogens with two attached hydrogens (primary N) is 3. The van der Waals surface area contributed by atoms with Crippen molar-refractivity contribution in [2.75, 3.05) is 39.3 Å². The number of carboxylic acid groups (broad SMARTS) is 2. The molecule has 3 aromatic heterocycles. The molecule has 594 valence electrons. The Morgan fingerprint density at radius 3 is 1.56 bits per heavy atom. The Bertz CT molecular complexity index is 3860. The molecule has 1 fully saturated rings. The van der Waals surface area contributed by atoms with E-state index < -0.39 is 175 Å². The molecule has 0 saturated carbocycles. The number of unbranched alkanes of at least 4 members (excludes halogenated alkanes) is 2. The zero-order valence-corrected chi connectivity index (χ0v) is 61.6. The van der Waals surface area contributed by atoms with Crippen LogP contribution in [0, 0.1) is 11.8 Å². The van der Waals surface area contributed by atoms with E-state index >= 15 is 0 Å². The number of benzene rings is 2. The van der Waals surface area contributed by atoms with Crippen molar-refractivity contribution in [3.63, 3.8) is 0 Å². The topological polar surface area (TPSA) is 586 Å². The van der Waals surface area contributed by atoms with Crippen LogP contribution in [-0.4, -0.2) is 234 Å². The van der Waals surface area contributed by atoms with Crippen LogP contribution in [0.15, 0.2) is 85.8 Å². The number of aliphatic carboxylic acids is 2. The highest BCUT2D eigenvalue weighted by atomic mass is 16.4. The maximum absolute atomic E-state index is 14.8. The molecule has 1 aliphatic rings. The summed E-state index contributed by atoms with van der Waals surface area (Å²) in [5.41, 5.74) is 20.3. The molecule has 6 rings (SSSR count). The molecule has 0 unspecified atom stereocenters. The molecule has 12 amide bonds.